The van der Waals surface area contributed by atoms with E-state index in [1.165, 1.54) is 19.3 Å². The molecule has 0 aromatic rings. The molecule has 0 spiro atoms. The number of nitrogens with two attached hydrogens (primary N) is 1. The summed E-state index contributed by atoms with van der Waals surface area (Å²) in [7, 11) is 0. The molecule has 3 unspecified atom stereocenters. The van der Waals surface area contributed by atoms with Gasteiger partial charge >= 0.3 is 0 Å². The van der Waals surface area contributed by atoms with Crippen molar-refractivity contribution >= 4 is 0 Å². The Bertz CT molecular complexity index is 224. The maximum Gasteiger partial charge on any atom is 0.0460 e. The van der Waals surface area contributed by atoms with Crippen molar-refractivity contribution in [2.24, 2.45) is 23.0 Å². The number of fused-ring (bicyclic) bond motifs is 2. The van der Waals surface area contributed by atoms with Crippen molar-refractivity contribution in [3.63, 3.8) is 0 Å². The lowest BCUT2D eigenvalue weighted by Crippen LogP contribution is -2.54. The first kappa shape index (κ1) is 10.4. The van der Waals surface area contributed by atoms with E-state index in [4.69, 9.17) is 5.73 Å². The zero-order valence-corrected chi connectivity index (χ0v) is 9.42. The third-order valence-electron chi connectivity index (χ3n) is 3.99. The molecule has 82 valence electrons. The monoisotopic (exact) mass is 197 g/mol. The van der Waals surface area contributed by atoms with Gasteiger partial charge in [-0.2, -0.15) is 0 Å². The van der Waals surface area contributed by atoms with Crippen molar-refractivity contribution in [3.05, 3.63) is 0 Å². The lowest BCUT2D eigenvalue weighted by molar-refractivity contribution is 0.0150. The van der Waals surface area contributed by atoms with Gasteiger partial charge in [-0.3, -0.25) is 0 Å². The number of rotatable bonds is 1. The maximum atomic E-state index is 9.24. The Hall–Kier alpha value is -0.0800. The predicted molar refractivity (Wildman–Crippen MR) is 57.9 cm³/mol. The van der Waals surface area contributed by atoms with Crippen LogP contribution < -0.4 is 5.73 Å². The van der Waals surface area contributed by atoms with Crippen LogP contribution in [0.3, 0.4) is 0 Å². The van der Waals surface area contributed by atoms with Crippen LogP contribution in [0.15, 0.2) is 0 Å². The first-order valence-corrected chi connectivity index (χ1v) is 5.82. The molecule has 2 nitrogen and oxygen atoms in total. The largest absolute Gasteiger partial charge is 0.396 e. The molecule has 0 amide bonds. The van der Waals surface area contributed by atoms with Gasteiger partial charge in [0.1, 0.15) is 0 Å². The lowest BCUT2D eigenvalue weighted by Gasteiger charge is -2.52. The highest BCUT2D eigenvalue weighted by Crippen LogP contribution is 2.50. The van der Waals surface area contributed by atoms with Crippen molar-refractivity contribution in [2.45, 2.75) is 51.5 Å². The average Bonchev–Trinajstić information content (AvgIpc) is 1.97. The van der Waals surface area contributed by atoms with Crippen LogP contribution in [0, 0.1) is 17.3 Å². The second-order valence-electron chi connectivity index (χ2n) is 6.47. The molecule has 0 heterocycles. The Labute approximate surface area is 86.9 Å². The number of hydrogen-bond acceptors (Lipinski definition) is 2. The van der Waals surface area contributed by atoms with Crippen LogP contribution in [0.2, 0.25) is 0 Å². The summed E-state index contributed by atoms with van der Waals surface area (Å²) in [5.41, 5.74) is 6.87. The van der Waals surface area contributed by atoms with Gasteiger partial charge in [0.2, 0.25) is 0 Å². The van der Waals surface area contributed by atoms with E-state index in [0.29, 0.717) is 17.9 Å². The number of aliphatic hydroxyl groups excluding tert-OH is 1. The molecule has 2 aliphatic carbocycles. The van der Waals surface area contributed by atoms with Gasteiger partial charge in [-0.25, -0.2) is 0 Å². The molecular weight excluding hydrogens is 174 g/mol. The molecule has 3 atom stereocenters. The topological polar surface area (TPSA) is 46.2 Å². The molecule has 2 rings (SSSR count). The second-order valence-corrected chi connectivity index (χ2v) is 6.47. The smallest absolute Gasteiger partial charge is 0.0460 e. The molecule has 2 fully saturated rings. The summed E-state index contributed by atoms with van der Waals surface area (Å²) in [6.07, 6.45) is 5.84. The van der Waals surface area contributed by atoms with E-state index < -0.39 is 0 Å². The Morgan fingerprint density at radius 1 is 1.29 bits per heavy atom. The molecular formula is C12H23NO. The predicted octanol–water partition coefficient (Wildman–Crippen LogP) is 1.91. The van der Waals surface area contributed by atoms with E-state index in [9.17, 15) is 5.11 Å². The summed E-state index contributed by atoms with van der Waals surface area (Å²) < 4.78 is 0. The summed E-state index contributed by atoms with van der Waals surface area (Å²) >= 11 is 0. The first-order valence-electron chi connectivity index (χ1n) is 5.82. The molecule has 2 bridgehead atoms. The van der Waals surface area contributed by atoms with Gasteiger partial charge in [-0.15, -0.1) is 0 Å². The van der Waals surface area contributed by atoms with E-state index >= 15 is 0 Å². The van der Waals surface area contributed by atoms with Gasteiger partial charge in [0.25, 0.3) is 0 Å². The first-order chi connectivity index (χ1) is 6.42. The standard InChI is InChI=1S/C12H23NO/c1-11(2)4-9-3-10(7-14)6-12(13,5-9)8-11/h9-10,14H,3-8,13H2,1-2H3. The third-order valence-corrected chi connectivity index (χ3v) is 3.99. The molecule has 2 heteroatoms. The maximum absolute atomic E-state index is 9.24. The van der Waals surface area contributed by atoms with Gasteiger partial charge < -0.3 is 10.8 Å². The third kappa shape index (κ3) is 1.96. The molecule has 14 heavy (non-hydrogen) atoms. The van der Waals surface area contributed by atoms with Crippen LogP contribution in [0.4, 0.5) is 0 Å². The Balaban J connectivity index is 2.13. The highest BCUT2D eigenvalue weighted by atomic mass is 16.3. The molecule has 0 aromatic carbocycles. The fraction of sp³-hybridized carbons (Fsp3) is 1.00. The minimum Gasteiger partial charge on any atom is -0.396 e. The van der Waals surface area contributed by atoms with Crippen LogP contribution in [-0.4, -0.2) is 17.3 Å². The molecule has 0 saturated heterocycles. The van der Waals surface area contributed by atoms with Crippen LogP contribution in [-0.2, 0) is 0 Å². The lowest BCUT2D eigenvalue weighted by atomic mass is 9.57. The van der Waals surface area contributed by atoms with Crippen LogP contribution in [0.1, 0.15) is 46.0 Å². The fourth-order valence-corrected chi connectivity index (χ4v) is 4.12. The van der Waals surface area contributed by atoms with Gasteiger partial charge in [-0.1, -0.05) is 13.8 Å². The SMILES string of the molecule is CC1(C)CC2CC(CO)CC(N)(C2)C1. The highest BCUT2D eigenvalue weighted by Gasteiger charge is 2.46. The summed E-state index contributed by atoms with van der Waals surface area (Å²) in [5.74, 6) is 1.23. The van der Waals surface area contributed by atoms with Gasteiger partial charge in [0.05, 0.1) is 0 Å². The van der Waals surface area contributed by atoms with Crippen LogP contribution >= 0.6 is 0 Å². The van der Waals surface area contributed by atoms with E-state index in [0.717, 1.165) is 18.8 Å². The van der Waals surface area contributed by atoms with E-state index in [-0.39, 0.29) is 5.54 Å². The molecule has 0 radical (unpaired) electrons. The summed E-state index contributed by atoms with van der Waals surface area (Å²) in [6.45, 7) is 5.00. The van der Waals surface area contributed by atoms with Crippen molar-refractivity contribution in [1.82, 2.24) is 0 Å². The Morgan fingerprint density at radius 2 is 2.00 bits per heavy atom. The second kappa shape index (κ2) is 3.21. The summed E-state index contributed by atoms with van der Waals surface area (Å²) in [5, 5.41) is 9.24. The minimum absolute atomic E-state index is 0.0259. The molecule has 0 aliphatic heterocycles. The number of aliphatic hydroxyl groups is 1. The van der Waals surface area contributed by atoms with E-state index in [1.807, 2.05) is 0 Å². The molecule has 3 N–H and O–H groups in total. The fourth-order valence-electron chi connectivity index (χ4n) is 4.12. The molecule has 0 aromatic heterocycles. The number of hydrogen-bond donors (Lipinski definition) is 2. The quantitative estimate of drug-likeness (QED) is 0.674. The summed E-state index contributed by atoms with van der Waals surface area (Å²) in [4.78, 5) is 0. The average molecular weight is 197 g/mol. The van der Waals surface area contributed by atoms with Crippen LogP contribution in [0.5, 0.6) is 0 Å². The van der Waals surface area contributed by atoms with Crippen molar-refractivity contribution < 1.29 is 5.11 Å². The van der Waals surface area contributed by atoms with Gasteiger partial charge in [0, 0.05) is 12.1 Å². The van der Waals surface area contributed by atoms with Crippen LogP contribution in [0.25, 0.3) is 0 Å². The van der Waals surface area contributed by atoms with Gasteiger partial charge in [-0.05, 0) is 49.4 Å². The van der Waals surface area contributed by atoms with Crippen molar-refractivity contribution in [3.8, 4) is 0 Å². The normalized spacial score (nSPS) is 46.3. The molecule has 2 saturated carbocycles. The zero-order valence-electron chi connectivity index (χ0n) is 9.42. The highest BCUT2D eigenvalue weighted by molar-refractivity contribution is 5.02. The van der Waals surface area contributed by atoms with E-state index in [1.54, 1.807) is 0 Å². The van der Waals surface area contributed by atoms with Crippen molar-refractivity contribution in [1.29, 1.82) is 0 Å². The zero-order chi connectivity index (χ0) is 10.4. The van der Waals surface area contributed by atoms with Crippen molar-refractivity contribution in [2.75, 3.05) is 6.61 Å². The molecule has 2 aliphatic rings. The minimum atomic E-state index is 0.0259. The van der Waals surface area contributed by atoms with Gasteiger partial charge in [0.15, 0.2) is 0 Å². The van der Waals surface area contributed by atoms with E-state index in [2.05, 4.69) is 13.8 Å². The summed E-state index contributed by atoms with van der Waals surface area (Å²) in [6, 6.07) is 0. The Morgan fingerprint density at radius 3 is 2.57 bits per heavy atom. The Kier molecular flexibility index (Phi) is 2.39.